The van der Waals surface area contributed by atoms with E-state index in [0.717, 1.165) is 11.4 Å². The van der Waals surface area contributed by atoms with Crippen LogP contribution >= 0.6 is 11.3 Å². The van der Waals surface area contributed by atoms with Gasteiger partial charge in [-0.15, -0.1) is 11.3 Å². The lowest BCUT2D eigenvalue weighted by Gasteiger charge is -2.13. The van der Waals surface area contributed by atoms with E-state index in [4.69, 9.17) is 0 Å². The van der Waals surface area contributed by atoms with Crippen molar-refractivity contribution in [2.24, 2.45) is 0 Å². The highest BCUT2D eigenvalue weighted by Gasteiger charge is 2.26. The molecule has 110 valence electrons. The molecule has 0 bridgehead atoms. The number of aryl methyl sites for hydroxylation is 1. The maximum absolute atomic E-state index is 12.3. The second-order valence-electron chi connectivity index (χ2n) is 5.48. The molecule has 1 aromatic heterocycles. The number of hydrogen-bond acceptors (Lipinski definition) is 4. The van der Waals surface area contributed by atoms with Crippen molar-refractivity contribution in [2.75, 3.05) is 13.1 Å². The summed E-state index contributed by atoms with van der Waals surface area (Å²) in [4.78, 5) is 18.4. The van der Waals surface area contributed by atoms with Crippen LogP contribution < -0.4 is 0 Å². The van der Waals surface area contributed by atoms with E-state index in [1.165, 1.54) is 22.5 Å². The summed E-state index contributed by atoms with van der Waals surface area (Å²) in [5, 5.41) is 12.3. The molecule has 3 rings (SSSR count). The second kappa shape index (κ2) is 5.95. The second-order valence-corrected chi connectivity index (χ2v) is 6.43. The zero-order valence-electron chi connectivity index (χ0n) is 12.0. The molecule has 1 fully saturated rings. The van der Waals surface area contributed by atoms with E-state index in [9.17, 15) is 9.90 Å². The Bertz CT molecular complexity index is 636. The highest BCUT2D eigenvalue weighted by atomic mass is 32.1. The fourth-order valence-electron chi connectivity index (χ4n) is 2.46. The number of likely N-dealkylation sites (tertiary alicyclic amines) is 1. The number of β-amino-alcohol motifs (C(OH)–C–C–N with tert-alkyl or cyclic N) is 1. The molecular weight excluding hydrogens is 284 g/mol. The van der Waals surface area contributed by atoms with E-state index in [1.54, 1.807) is 4.90 Å². The largest absolute Gasteiger partial charge is 0.391 e. The minimum Gasteiger partial charge on any atom is -0.391 e. The first-order valence-corrected chi connectivity index (χ1v) is 7.97. The van der Waals surface area contributed by atoms with Crippen LogP contribution in [0.5, 0.6) is 0 Å². The number of aromatic nitrogens is 1. The summed E-state index contributed by atoms with van der Waals surface area (Å²) in [7, 11) is 0. The highest BCUT2D eigenvalue weighted by molar-refractivity contribution is 7.09. The standard InChI is InChI=1S/C16H18N2O2S/c1-11-2-4-12(5-3-11)8-15-17-14(10-21-15)16(20)18-7-6-13(19)9-18/h2-5,10,13,19H,6-9H2,1H3/t13-/m1/s1. The van der Waals surface area contributed by atoms with Crippen molar-refractivity contribution in [3.05, 3.63) is 51.5 Å². The summed E-state index contributed by atoms with van der Waals surface area (Å²) in [5.41, 5.74) is 2.93. The van der Waals surface area contributed by atoms with Gasteiger partial charge in [-0.25, -0.2) is 4.98 Å². The first-order valence-electron chi connectivity index (χ1n) is 7.09. The molecule has 1 aromatic carbocycles. The van der Waals surface area contributed by atoms with Crippen molar-refractivity contribution in [3.63, 3.8) is 0 Å². The van der Waals surface area contributed by atoms with E-state index in [2.05, 4.69) is 36.2 Å². The van der Waals surface area contributed by atoms with E-state index in [-0.39, 0.29) is 12.0 Å². The Labute approximate surface area is 128 Å². The normalized spacial score (nSPS) is 18.2. The maximum atomic E-state index is 12.3. The van der Waals surface area contributed by atoms with Crippen molar-refractivity contribution in [1.29, 1.82) is 0 Å². The van der Waals surface area contributed by atoms with E-state index >= 15 is 0 Å². The van der Waals surface area contributed by atoms with Crippen LogP contribution in [0.1, 0.15) is 33.0 Å². The Kier molecular flexibility index (Phi) is 4.03. The summed E-state index contributed by atoms with van der Waals surface area (Å²) >= 11 is 1.52. The number of carbonyl (C=O) groups is 1. The predicted molar refractivity (Wildman–Crippen MR) is 82.6 cm³/mol. The molecule has 1 aliphatic heterocycles. The lowest BCUT2D eigenvalue weighted by atomic mass is 10.1. The van der Waals surface area contributed by atoms with Gasteiger partial charge >= 0.3 is 0 Å². The van der Waals surface area contributed by atoms with Crippen LogP contribution in [0.2, 0.25) is 0 Å². The van der Waals surface area contributed by atoms with Gasteiger partial charge in [-0.1, -0.05) is 29.8 Å². The van der Waals surface area contributed by atoms with Crippen LogP contribution in [0.25, 0.3) is 0 Å². The lowest BCUT2D eigenvalue weighted by molar-refractivity contribution is 0.0760. The minimum absolute atomic E-state index is 0.0713. The first-order chi connectivity index (χ1) is 10.1. The number of amides is 1. The van der Waals surface area contributed by atoms with Crippen molar-refractivity contribution < 1.29 is 9.90 Å². The number of thiazole rings is 1. The molecule has 0 unspecified atom stereocenters. The molecule has 5 heteroatoms. The SMILES string of the molecule is Cc1ccc(Cc2nc(C(=O)N3CC[C@@H](O)C3)cs2)cc1. The molecule has 0 radical (unpaired) electrons. The van der Waals surface area contributed by atoms with E-state index in [0.29, 0.717) is 25.2 Å². The van der Waals surface area contributed by atoms with Gasteiger partial charge in [0, 0.05) is 24.9 Å². The van der Waals surface area contributed by atoms with Gasteiger partial charge in [0.1, 0.15) is 5.69 Å². The number of rotatable bonds is 3. The molecule has 21 heavy (non-hydrogen) atoms. The summed E-state index contributed by atoms with van der Waals surface area (Å²) in [5.74, 6) is -0.0713. The van der Waals surface area contributed by atoms with Crippen molar-refractivity contribution in [2.45, 2.75) is 25.9 Å². The molecule has 0 spiro atoms. The van der Waals surface area contributed by atoms with E-state index < -0.39 is 0 Å². The van der Waals surface area contributed by atoms with Gasteiger partial charge < -0.3 is 10.0 Å². The van der Waals surface area contributed by atoms with Gasteiger partial charge in [-0.3, -0.25) is 4.79 Å². The summed E-state index contributed by atoms with van der Waals surface area (Å²) < 4.78 is 0. The quantitative estimate of drug-likeness (QED) is 0.946. The van der Waals surface area contributed by atoms with Crippen molar-refractivity contribution >= 4 is 17.2 Å². The minimum atomic E-state index is -0.389. The number of aliphatic hydroxyl groups excluding tert-OH is 1. The Morgan fingerprint density at radius 3 is 2.86 bits per heavy atom. The lowest BCUT2D eigenvalue weighted by Crippen LogP contribution is -2.29. The van der Waals surface area contributed by atoms with Crippen LogP contribution in [-0.2, 0) is 6.42 Å². The van der Waals surface area contributed by atoms with E-state index in [1.807, 2.05) is 5.38 Å². The van der Waals surface area contributed by atoms with Gasteiger partial charge in [0.15, 0.2) is 0 Å². The van der Waals surface area contributed by atoms with Gasteiger partial charge in [0.2, 0.25) is 0 Å². The molecule has 2 heterocycles. The number of aliphatic hydroxyl groups is 1. The van der Waals surface area contributed by atoms with Gasteiger partial charge in [0.05, 0.1) is 11.1 Å². The van der Waals surface area contributed by atoms with Crippen molar-refractivity contribution in [3.8, 4) is 0 Å². The average molecular weight is 302 g/mol. The zero-order chi connectivity index (χ0) is 14.8. The molecule has 1 amide bonds. The smallest absolute Gasteiger partial charge is 0.273 e. The fourth-order valence-corrected chi connectivity index (χ4v) is 3.26. The fraction of sp³-hybridized carbons (Fsp3) is 0.375. The number of nitrogens with zero attached hydrogens (tertiary/aromatic N) is 2. The Morgan fingerprint density at radius 2 is 2.19 bits per heavy atom. The molecule has 0 saturated carbocycles. The third-order valence-electron chi connectivity index (χ3n) is 3.70. The molecule has 1 N–H and O–H groups in total. The maximum Gasteiger partial charge on any atom is 0.273 e. The number of carbonyl (C=O) groups excluding carboxylic acids is 1. The molecule has 2 aromatic rings. The summed E-state index contributed by atoms with van der Waals surface area (Å²) in [6.07, 6.45) is 1.02. The van der Waals surface area contributed by atoms with Gasteiger partial charge in [0.25, 0.3) is 5.91 Å². The Balaban J connectivity index is 1.68. The first kappa shape index (κ1) is 14.2. The summed E-state index contributed by atoms with van der Waals surface area (Å²) in [6.45, 7) is 3.10. The zero-order valence-corrected chi connectivity index (χ0v) is 12.8. The monoisotopic (exact) mass is 302 g/mol. The topological polar surface area (TPSA) is 53.4 Å². The van der Waals surface area contributed by atoms with Crippen molar-refractivity contribution in [1.82, 2.24) is 9.88 Å². The molecule has 0 aliphatic carbocycles. The molecular formula is C16H18N2O2S. The average Bonchev–Trinajstić information content (AvgIpc) is 3.10. The highest BCUT2D eigenvalue weighted by Crippen LogP contribution is 2.18. The van der Waals surface area contributed by atoms with Gasteiger partial charge in [-0.05, 0) is 18.9 Å². The van der Waals surface area contributed by atoms with Crippen LogP contribution in [0.15, 0.2) is 29.6 Å². The van der Waals surface area contributed by atoms with Crippen LogP contribution in [0, 0.1) is 6.92 Å². The number of hydrogen-bond donors (Lipinski definition) is 1. The Hall–Kier alpha value is -1.72. The molecule has 1 aliphatic rings. The molecule has 1 atom stereocenters. The predicted octanol–water partition coefficient (Wildman–Crippen LogP) is 2.25. The van der Waals surface area contributed by atoms with Crippen LogP contribution in [0.3, 0.4) is 0 Å². The molecule has 1 saturated heterocycles. The van der Waals surface area contributed by atoms with Crippen LogP contribution in [-0.4, -0.2) is 40.1 Å². The number of benzene rings is 1. The van der Waals surface area contributed by atoms with Gasteiger partial charge in [-0.2, -0.15) is 0 Å². The van der Waals surface area contributed by atoms with Crippen LogP contribution in [0.4, 0.5) is 0 Å². The Morgan fingerprint density at radius 1 is 1.43 bits per heavy atom. The summed E-state index contributed by atoms with van der Waals surface area (Å²) in [6, 6.07) is 8.35. The third-order valence-corrected chi connectivity index (χ3v) is 4.55. The molecule has 4 nitrogen and oxygen atoms in total. The third kappa shape index (κ3) is 3.31.